The van der Waals surface area contributed by atoms with Gasteiger partial charge >= 0.3 is 12.1 Å². The number of nitrogens with zero attached hydrogens (tertiary/aromatic N) is 2. The number of hydrogen-bond acceptors (Lipinski definition) is 7. The van der Waals surface area contributed by atoms with Gasteiger partial charge in [-0.25, -0.2) is 14.6 Å². The molecule has 4 aromatic rings. The van der Waals surface area contributed by atoms with Crippen molar-refractivity contribution in [1.82, 2.24) is 10.1 Å². The van der Waals surface area contributed by atoms with Gasteiger partial charge in [0, 0.05) is 18.2 Å². The molecule has 10 heteroatoms. The number of anilines is 2. The standard InChI is InChI=1S/C27H25FN4O5/c1-17(19-11-7-4-8-12-19)36-26(35)30-24-22(23(28)32-37-24)20-13-14-21(29-16-20)31-27(2,25(33)34)15-18-9-5-3-6-10-18/h3-14,16-17H,15H2,1-2H3,(H,29,31)(H,30,35)(H,33,34). The number of aromatic nitrogens is 2. The number of carbonyl (C=O) groups excluding carboxylic acids is 1. The SMILES string of the molecule is CC(OC(=O)Nc1onc(F)c1-c1ccc(NC(C)(Cc2ccccc2)C(=O)O)nc1)c1ccccc1. The van der Waals surface area contributed by atoms with E-state index in [0.29, 0.717) is 0 Å². The molecule has 0 fully saturated rings. The Balaban J connectivity index is 1.47. The van der Waals surface area contributed by atoms with Crippen LogP contribution in [0.2, 0.25) is 0 Å². The van der Waals surface area contributed by atoms with Crippen LogP contribution in [0.4, 0.5) is 20.9 Å². The molecule has 0 saturated carbocycles. The average Bonchev–Trinajstić information content (AvgIpc) is 3.25. The van der Waals surface area contributed by atoms with Gasteiger partial charge in [0.05, 0.1) is 0 Å². The van der Waals surface area contributed by atoms with Crippen LogP contribution in [0, 0.1) is 5.95 Å². The minimum Gasteiger partial charge on any atom is -0.480 e. The number of rotatable bonds is 9. The quantitative estimate of drug-likeness (QED) is 0.266. The fourth-order valence-electron chi connectivity index (χ4n) is 3.76. The summed E-state index contributed by atoms with van der Waals surface area (Å²) in [6, 6.07) is 21.3. The van der Waals surface area contributed by atoms with Crippen LogP contribution < -0.4 is 10.6 Å². The summed E-state index contributed by atoms with van der Waals surface area (Å²) in [6.07, 6.45) is 0.137. The van der Waals surface area contributed by atoms with Gasteiger partial charge in [-0.3, -0.25) is 5.32 Å². The number of carboxylic acid groups (broad SMARTS) is 1. The molecule has 0 radical (unpaired) electrons. The number of carbonyl (C=O) groups is 2. The Morgan fingerprint density at radius 2 is 1.76 bits per heavy atom. The van der Waals surface area contributed by atoms with E-state index in [1.54, 1.807) is 13.8 Å². The smallest absolute Gasteiger partial charge is 0.414 e. The lowest BCUT2D eigenvalue weighted by molar-refractivity contribution is -0.141. The lowest BCUT2D eigenvalue weighted by Crippen LogP contribution is -2.45. The van der Waals surface area contributed by atoms with Crippen LogP contribution in [0.25, 0.3) is 11.1 Å². The van der Waals surface area contributed by atoms with Gasteiger partial charge in [-0.05, 0) is 42.3 Å². The van der Waals surface area contributed by atoms with E-state index in [-0.39, 0.29) is 29.2 Å². The summed E-state index contributed by atoms with van der Waals surface area (Å²) < 4.78 is 24.8. The van der Waals surface area contributed by atoms with Gasteiger partial charge < -0.3 is 19.7 Å². The summed E-state index contributed by atoms with van der Waals surface area (Å²) in [5.74, 6) is -1.98. The molecule has 0 bridgehead atoms. The van der Waals surface area contributed by atoms with Crippen LogP contribution in [-0.2, 0) is 16.0 Å². The molecule has 2 aromatic heterocycles. The molecule has 2 unspecified atom stereocenters. The normalized spacial score (nSPS) is 13.3. The Kier molecular flexibility index (Phi) is 7.47. The number of halogens is 1. The molecular formula is C27H25FN4O5. The van der Waals surface area contributed by atoms with E-state index in [9.17, 15) is 19.1 Å². The maximum atomic E-state index is 14.5. The average molecular weight is 505 g/mol. The van der Waals surface area contributed by atoms with E-state index < -0.39 is 29.7 Å². The monoisotopic (exact) mass is 504 g/mol. The van der Waals surface area contributed by atoms with Crippen molar-refractivity contribution in [2.45, 2.75) is 31.9 Å². The third-order valence-corrected chi connectivity index (χ3v) is 5.75. The van der Waals surface area contributed by atoms with E-state index in [2.05, 4.69) is 20.8 Å². The highest BCUT2D eigenvalue weighted by molar-refractivity contribution is 5.89. The van der Waals surface area contributed by atoms with E-state index in [1.165, 1.54) is 18.3 Å². The first-order chi connectivity index (χ1) is 17.7. The van der Waals surface area contributed by atoms with Crippen molar-refractivity contribution in [2.24, 2.45) is 0 Å². The second-order valence-corrected chi connectivity index (χ2v) is 8.62. The Morgan fingerprint density at radius 3 is 2.38 bits per heavy atom. The molecule has 0 saturated heterocycles. The first kappa shape index (κ1) is 25.4. The topological polar surface area (TPSA) is 127 Å². The minimum atomic E-state index is -1.34. The molecule has 37 heavy (non-hydrogen) atoms. The van der Waals surface area contributed by atoms with E-state index in [0.717, 1.165) is 11.1 Å². The molecule has 2 aromatic carbocycles. The molecular weight excluding hydrogens is 479 g/mol. The summed E-state index contributed by atoms with van der Waals surface area (Å²) in [6.45, 7) is 3.26. The molecule has 0 aliphatic rings. The number of amides is 1. The van der Waals surface area contributed by atoms with Crippen molar-refractivity contribution in [1.29, 1.82) is 0 Å². The van der Waals surface area contributed by atoms with Gasteiger partial charge in [-0.15, -0.1) is 0 Å². The molecule has 3 N–H and O–H groups in total. The molecule has 190 valence electrons. The lowest BCUT2D eigenvalue weighted by Gasteiger charge is -2.27. The molecule has 1 amide bonds. The third kappa shape index (κ3) is 6.10. The highest BCUT2D eigenvalue weighted by Crippen LogP contribution is 2.32. The maximum Gasteiger partial charge on any atom is 0.414 e. The van der Waals surface area contributed by atoms with E-state index in [4.69, 9.17) is 9.26 Å². The van der Waals surface area contributed by atoms with Crippen LogP contribution in [0.3, 0.4) is 0 Å². The highest BCUT2D eigenvalue weighted by atomic mass is 19.1. The molecule has 0 spiro atoms. The summed E-state index contributed by atoms with van der Waals surface area (Å²) in [5.41, 5.74) is 0.427. The summed E-state index contributed by atoms with van der Waals surface area (Å²) in [5, 5.41) is 18.5. The molecule has 0 aliphatic carbocycles. The number of hydrogen-bond donors (Lipinski definition) is 3. The van der Waals surface area contributed by atoms with Crippen LogP contribution in [-0.4, -0.2) is 32.8 Å². The zero-order valence-corrected chi connectivity index (χ0v) is 20.1. The summed E-state index contributed by atoms with van der Waals surface area (Å²) in [7, 11) is 0. The van der Waals surface area contributed by atoms with E-state index >= 15 is 0 Å². The molecule has 0 aliphatic heterocycles. The van der Waals surface area contributed by atoms with Gasteiger partial charge in [0.1, 0.15) is 23.0 Å². The third-order valence-electron chi connectivity index (χ3n) is 5.75. The van der Waals surface area contributed by atoms with Crippen molar-refractivity contribution >= 4 is 23.8 Å². The molecule has 9 nitrogen and oxygen atoms in total. The second-order valence-electron chi connectivity index (χ2n) is 8.62. The van der Waals surface area contributed by atoms with Crippen molar-refractivity contribution in [3.8, 4) is 11.1 Å². The van der Waals surface area contributed by atoms with Gasteiger partial charge in [-0.2, -0.15) is 4.39 Å². The first-order valence-electron chi connectivity index (χ1n) is 11.4. The zero-order chi connectivity index (χ0) is 26.4. The first-order valence-corrected chi connectivity index (χ1v) is 11.4. The molecule has 2 atom stereocenters. The number of pyridine rings is 1. The highest BCUT2D eigenvalue weighted by Gasteiger charge is 2.34. The number of benzene rings is 2. The van der Waals surface area contributed by atoms with Gasteiger partial charge in [-0.1, -0.05) is 60.7 Å². The Morgan fingerprint density at radius 1 is 1.08 bits per heavy atom. The number of nitrogens with one attached hydrogen (secondary N) is 2. The number of ether oxygens (including phenoxy) is 1. The largest absolute Gasteiger partial charge is 0.480 e. The van der Waals surface area contributed by atoms with Crippen LogP contribution in [0.1, 0.15) is 31.1 Å². The van der Waals surface area contributed by atoms with Crippen molar-refractivity contribution in [3.63, 3.8) is 0 Å². The van der Waals surface area contributed by atoms with Crippen molar-refractivity contribution < 1.29 is 28.3 Å². The fourth-order valence-corrected chi connectivity index (χ4v) is 3.76. The molecule has 4 rings (SSSR count). The number of aliphatic carboxylic acids is 1. The van der Waals surface area contributed by atoms with Gasteiger partial charge in [0.2, 0.25) is 5.88 Å². The van der Waals surface area contributed by atoms with Crippen LogP contribution in [0.5, 0.6) is 0 Å². The molecule has 2 heterocycles. The Labute approximate surface area is 212 Å². The zero-order valence-electron chi connectivity index (χ0n) is 20.1. The van der Waals surface area contributed by atoms with Crippen molar-refractivity contribution in [2.75, 3.05) is 10.6 Å². The fraction of sp³-hybridized carbons (Fsp3) is 0.185. The van der Waals surface area contributed by atoms with Gasteiger partial charge in [0.25, 0.3) is 5.95 Å². The predicted octanol–water partition coefficient (Wildman–Crippen LogP) is 5.68. The summed E-state index contributed by atoms with van der Waals surface area (Å²) >= 11 is 0. The Hall–Kier alpha value is -4.73. The maximum absolute atomic E-state index is 14.5. The predicted molar refractivity (Wildman–Crippen MR) is 134 cm³/mol. The lowest BCUT2D eigenvalue weighted by atomic mass is 9.93. The van der Waals surface area contributed by atoms with Crippen LogP contribution in [0.15, 0.2) is 83.5 Å². The van der Waals surface area contributed by atoms with Crippen molar-refractivity contribution in [3.05, 3.63) is 96.1 Å². The minimum absolute atomic E-state index is 0.117. The Bertz CT molecular complexity index is 1360. The summed E-state index contributed by atoms with van der Waals surface area (Å²) in [4.78, 5) is 28.7. The second kappa shape index (κ2) is 10.9. The van der Waals surface area contributed by atoms with E-state index in [1.807, 2.05) is 60.7 Å². The number of carboxylic acids is 1. The van der Waals surface area contributed by atoms with Gasteiger partial charge in [0.15, 0.2) is 0 Å². The van der Waals surface area contributed by atoms with Crippen LogP contribution >= 0.6 is 0 Å².